The number of amides is 1. The summed E-state index contributed by atoms with van der Waals surface area (Å²) in [6.45, 7) is 0. The lowest BCUT2D eigenvalue weighted by Gasteiger charge is -2.42. The van der Waals surface area contributed by atoms with Crippen molar-refractivity contribution >= 4 is 21.4 Å². The van der Waals surface area contributed by atoms with Gasteiger partial charge in [-0.15, -0.1) is 0 Å². The van der Waals surface area contributed by atoms with Gasteiger partial charge in [-0.3, -0.25) is 4.79 Å². The van der Waals surface area contributed by atoms with Crippen molar-refractivity contribution < 1.29 is 39.6 Å². The fraction of sp³-hybridized carbons (Fsp3) is 0.412. The van der Waals surface area contributed by atoms with Crippen LogP contribution in [0, 0.1) is 23.0 Å². The molecular formula is C17H15F6N3O3S. The molecule has 2 aromatic rings. The molecule has 1 N–H and O–H groups in total. The molecule has 1 aliphatic rings. The van der Waals surface area contributed by atoms with Crippen molar-refractivity contribution in [1.82, 2.24) is 9.55 Å². The van der Waals surface area contributed by atoms with E-state index in [1.54, 1.807) is 0 Å². The Morgan fingerprint density at radius 1 is 1.23 bits per heavy atom. The summed E-state index contributed by atoms with van der Waals surface area (Å²) in [6, 6.07) is 0.887. The van der Waals surface area contributed by atoms with Gasteiger partial charge < -0.3 is 9.88 Å². The van der Waals surface area contributed by atoms with Crippen molar-refractivity contribution in [2.75, 3.05) is 11.1 Å². The molecule has 0 spiro atoms. The molecule has 0 unspecified atom stereocenters. The summed E-state index contributed by atoms with van der Waals surface area (Å²) in [4.78, 5) is 14.3. The third-order valence-electron chi connectivity index (χ3n) is 5.11. The van der Waals surface area contributed by atoms with Crippen LogP contribution >= 0.6 is 0 Å². The van der Waals surface area contributed by atoms with E-state index in [2.05, 4.69) is 4.98 Å². The van der Waals surface area contributed by atoms with Gasteiger partial charge in [-0.25, -0.2) is 17.8 Å². The molecule has 1 aliphatic carbocycles. The van der Waals surface area contributed by atoms with Crippen LogP contribution in [0.25, 0.3) is 0 Å². The Labute approximate surface area is 166 Å². The van der Waals surface area contributed by atoms with E-state index in [4.69, 9.17) is 0 Å². The average molecular weight is 455 g/mol. The number of halogens is 6. The minimum absolute atomic E-state index is 0.189. The number of carbonyl (C=O) groups is 1. The van der Waals surface area contributed by atoms with Crippen molar-refractivity contribution in [3.8, 4) is 0 Å². The lowest BCUT2D eigenvalue weighted by atomic mass is 9.70. The zero-order valence-corrected chi connectivity index (χ0v) is 16.2. The SMILES string of the molecule is Cn1cc(S(=O)(=O)CC2(C(F)(F)F)CCC2)c(F)c1C(=O)Nc1ccnc(F)c1F. The van der Waals surface area contributed by atoms with E-state index in [0.717, 1.165) is 23.9 Å². The summed E-state index contributed by atoms with van der Waals surface area (Å²) >= 11 is 0. The monoisotopic (exact) mass is 455 g/mol. The van der Waals surface area contributed by atoms with Crippen LogP contribution in [0.5, 0.6) is 0 Å². The van der Waals surface area contributed by atoms with E-state index >= 15 is 0 Å². The lowest BCUT2D eigenvalue weighted by Crippen LogP contribution is -2.48. The number of rotatable bonds is 5. The van der Waals surface area contributed by atoms with Crippen LogP contribution in [0.3, 0.4) is 0 Å². The number of anilines is 1. The highest BCUT2D eigenvalue weighted by Crippen LogP contribution is 2.54. The average Bonchev–Trinajstić information content (AvgIpc) is 2.89. The van der Waals surface area contributed by atoms with Crippen LogP contribution in [-0.2, 0) is 16.9 Å². The van der Waals surface area contributed by atoms with Gasteiger partial charge in [0, 0.05) is 19.4 Å². The molecule has 3 rings (SSSR count). The zero-order chi connectivity index (χ0) is 22.5. The highest BCUT2D eigenvalue weighted by molar-refractivity contribution is 7.91. The second-order valence-electron chi connectivity index (χ2n) is 7.08. The Kier molecular flexibility index (Phi) is 5.37. The van der Waals surface area contributed by atoms with E-state index in [-0.39, 0.29) is 6.42 Å². The molecule has 0 radical (unpaired) electrons. The molecule has 0 saturated heterocycles. The summed E-state index contributed by atoms with van der Waals surface area (Å²) in [5.41, 5.74) is -4.02. The number of hydrogen-bond acceptors (Lipinski definition) is 4. The molecule has 1 saturated carbocycles. The van der Waals surface area contributed by atoms with Gasteiger partial charge in [0.15, 0.2) is 15.7 Å². The van der Waals surface area contributed by atoms with Crippen molar-refractivity contribution in [2.45, 2.75) is 30.3 Å². The number of sulfone groups is 1. The van der Waals surface area contributed by atoms with E-state index < -0.39 is 79.8 Å². The zero-order valence-electron chi connectivity index (χ0n) is 15.4. The van der Waals surface area contributed by atoms with Gasteiger partial charge in [0.1, 0.15) is 10.6 Å². The van der Waals surface area contributed by atoms with Crippen LogP contribution < -0.4 is 5.32 Å². The Morgan fingerprint density at radius 3 is 2.40 bits per heavy atom. The first-order valence-corrected chi connectivity index (χ1v) is 10.2. The molecule has 2 aromatic heterocycles. The third-order valence-corrected chi connectivity index (χ3v) is 7.00. The predicted octanol–water partition coefficient (Wildman–Crippen LogP) is 3.60. The number of pyridine rings is 1. The Morgan fingerprint density at radius 2 is 1.87 bits per heavy atom. The van der Waals surface area contributed by atoms with E-state index in [0.29, 0.717) is 6.20 Å². The standard InChI is InChI=1S/C17H15F6N3O3S/c1-26-7-10(30(28,29)8-16(4-2-5-16)17(21,22)23)12(19)13(26)15(27)25-9-3-6-24-14(20)11(9)18/h3,6-7H,2,4-5,8H2,1H3,(H,24,25,27). The quantitative estimate of drug-likeness (QED) is 0.552. The number of nitrogens with one attached hydrogen (secondary N) is 1. The number of carbonyl (C=O) groups excluding carboxylic acids is 1. The number of alkyl halides is 3. The molecule has 0 aromatic carbocycles. The number of nitrogens with zero attached hydrogens (tertiary/aromatic N) is 2. The molecule has 0 aliphatic heterocycles. The molecule has 13 heteroatoms. The molecule has 164 valence electrons. The molecule has 2 heterocycles. The van der Waals surface area contributed by atoms with Crippen molar-refractivity contribution in [3.05, 3.63) is 41.7 Å². The molecule has 30 heavy (non-hydrogen) atoms. The van der Waals surface area contributed by atoms with E-state index in [1.165, 1.54) is 0 Å². The van der Waals surface area contributed by atoms with Gasteiger partial charge >= 0.3 is 6.18 Å². The number of aryl methyl sites for hydroxylation is 1. The summed E-state index contributed by atoms with van der Waals surface area (Å²) in [5.74, 6) is -7.31. The maximum absolute atomic E-state index is 14.8. The molecule has 6 nitrogen and oxygen atoms in total. The lowest BCUT2D eigenvalue weighted by molar-refractivity contribution is -0.241. The first kappa shape index (κ1) is 22.1. The van der Waals surface area contributed by atoms with Crippen LogP contribution in [0.15, 0.2) is 23.4 Å². The first-order valence-electron chi connectivity index (χ1n) is 8.55. The van der Waals surface area contributed by atoms with Gasteiger partial charge in [0.25, 0.3) is 11.9 Å². The van der Waals surface area contributed by atoms with Gasteiger partial charge in [-0.2, -0.15) is 22.0 Å². The summed E-state index contributed by atoms with van der Waals surface area (Å²) in [6.07, 6.45) is -3.89. The van der Waals surface area contributed by atoms with Crippen LogP contribution in [-0.4, -0.2) is 35.8 Å². The molecule has 0 atom stereocenters. The fourth-order valence-corrected chi connectivity index (χ4v) is 5.32. The summed E-state index contributed by atoms with van der Waals surface area (Å²) in [7, 11) is -3.67. The van der Waals surface area contributed by atoms with Gasteiger partial charge in [0.05, 0.1) is 16.9 Å². The summed E-state index contributed by atoms with van der Waals surface area (Å²) in [5, 5.41) is 1.88. The predicted molar refractivity (Wildman–Crippen MR) is 91.9 cm³/mol. The van der Waals surface area contributed by atoms with Crippen molar-refractivity contribution in [2.24, 2.45) is 12.5 Å². The Bertz CT molecular complexity index is 1110. The Balaban J connectivity index is 1.93. The fourth-order valence-electron chi connectivity index (χ4n) is 3.30. The van der Waals surface area contributed by atoms with Crippen molar-refractivity contribution in [1.29, 1.82) is 0 Å². The molecule has 1 fully saturated rings. The van der Waals surface area contributed by atoms with E-state index in [1.807, 2.05) is 5.32 Å². The highest BCUT2D eigenvalue weighted by Gasteiger charge is 2.60. The first-order chi connectivity index (χ1) is 13.8. The van der Waals surface area contributed by atoms with E-state index in [9.17, 15) is 39.6 Å². The van der Waals surface area contributed by atoms with Crippen LogP contribution in [0.4, 0.5) is 32.0 Å². The largest absolute Gasteiger partial charge is 0.395 e. The number of aromatic nitrogens is 2. The normalized spacial score (nSPS) is 16.2. The van der Waals surface area contributed by atoms with Crippen LogP contribution in [0.1, 0.15) is 29.8 Å². The van der Waals surface area contributed by atoms with Crippen LogP contribution in [0.2, 0.25) is 0 Å². The van der Waals surface area contributed by atoms with Gasteiger partial charge in [-0.05, 0) is 18.9 Å². The number of hydrogen-bond donors (Lipinski definition) is 1. The minimum atomic E-state index is -4.78. The van der Waals surface area contributed by atoms with Crippen molar-refractivity contribution in [3.63, 3.8) is 0 Å². The second-order valence-corrected chi connectivity index (χ2v) is 9.03. The molecular weight excluding hydrogens is 440 g/mol. The maximum Gasteiger partial charge on any atom is 0.395 e. The van der Waals surface area contributed by atoms with Gasteiger partial charge in [-0.1, -0.05) is 6.42 Å². The third kappa shape index (κ3) is 3.66. The topological polar surface area (TPSA) is 81.1 Å². The summed E-state index contributed by atoms with van der Waals surface area (Å²) < 4.78 is 107. The molecule has 1 amide bonds. The Hall–Kier alpha value is -2.57. The smallest absolute Gasteiger partial charge is 0.343 e. The second kappa shape index (κ2) is 7.29. The van der Waals surface area contributed by atoms with Gasteiger partial charge in [0.2, 0.25) is 5.82 Å². The highest BCUT2D eigenvalue weighted by atomic mass is 32.2. The molecule has 0 bridgehead atoms. The maximum atomic E-state index is 14.8. The minimum Gasteiger partial charge on any atom is -0.343 e.